The summed E-state index contributed by atoms with van der Waals surface area (Å²) in [4.78, 5) is 9.24. The predicted octanol–water partition coefficient (Wildman–Crippen LogP) is 2.11. The van der Waals surface area contributed by atoms with Crippen molar-refractivity contribution in [1.82, 2.24) is 15.2 Å². The van der Waals surface area contributed by atoms with E-state index in [1.54, 1.807) is 0 Å². The van der Waals surface area contributed by atoms with Crippen LogP contribution in [0, 0.1) is 0 Å². The molecule has 112 valence electrons. The minimum atomic E-state index is 0.146. The van der Waals surface area contributed by atoms with Gasteiger partial charge >= 0.3 is 0 Å². The lowest BCUT2D eigenvalue weighted by Gasteiger charge is -2.23. The van der Waals surface area contributed by atoms with Crippen LogP contribution in [0.4, 0.5) is 5.82 Å². The number of hydrogen-bond acceptors (Lipinski definition) is 4. The second kappa shape index (κ2) is 6.10. The SMILES string of the molecule is CN(C)C1CCN(c2cc(CNC(C)(C)C)ccn2)C1. The molecule has 1 aliphatic heterocycles. The lowest BCUT2D eigenvalue weighted by molar-refractivity contribution is 0.315. The molecule has 4 heteroatoms. The van der Waals surface area contributed by atoms with E-state index in [9.17, 15) is 0 Å². The van der Waals surface area contributed by atoms with Crippen molar-refractivity contribution in [3.8, 4) is 0 Å². The average molecular weight is 276 g/mol. The van der Waals surface area contributed by atoms with Gasteiger partial charge in [0.1, 0.15) is 5.82 Å². The maximum absolute atomic E-state index is 4.54. The van der Waals surface area contributed by atoms with E-state index in [0.717, 1.165) is 25.5 Å². The monoisotopic (exact) mass is 276 g/mol. The smallest absolute Gasteiger partial charge is 0.128 e. The molecule has 20 heavy (non-hydrogen) atoms. The summed E-state index contributed by atoms with van der Waals surface area (Å²) in [5.41, 5.74) is 1.45. The fourth-order valence-electron chi connectivity index (χ4n) is 2.48. The van der Waals surface area contributed by atoms with Crippen LogP contribution in [0.5, 0.6) is 0 Å². The van der Waals surface area contributed by atoms with Gasteiger partial charge in [0.2, 0.25) is 0 Å². The maximum Gasteiger partial charge on any atom is 0.128 e. The second-order valence-electron chi connectivity index (χ2n) is 6.98. The fraction of sp³-hybridized carbons (Fsp3) is 0.688. The van der Waals surface area contributed by atoms with Crippen LogP contribution in [0.25, 0.3) is 0 Å². The van der Waals surface area contributed by atoms with Crippen LogP contribution < -0.4 is 10.2 Å². The molecule has 2 heterocycles. The summed E-state index contributed by atoms with van der Waals surface area (Å²) in [5.74, 6) is 1.11. The largest absolute Gasteiger partial charge is 0.355 e. The number of hydrogen-bond donors (Lipinski definition) is 1. The number of pyridine rings is 1. The Kier molecular flexibility index (Phi) is 4.66. The number of anilines is 1. The van der Waals surface area contributed by atoms with Gasteiger partial charge in [0.05, 0.1) is 0 Å². The minimum absolute atomic E-state index is 0.146. The molecule has 1 atom stereocenters. The van der Waals surface area contributed by atoms with E-state index in [1.807, 2.05) is 6.20 Å². The fourth-order valence-corrected chi connectivity index (χ4v) is 2.48. The first-order chi connectivity index (χ1) is 9.35. The molecule has 4 nitrogen and oxygen atoms in total. The van der Waals surface area contributed by atoms with Gasteiger partial charge in [-0.2, -0.15) is 0 Å². The highest BCUT2D eigenvalue weighted by molar-refractivity contribution is 5.42. The standard InChI is InChI=1S/C16H28N4/c1-16(2,3)18-11-13-6-8-17-15(10-13)20-9-7-14(12-20)19(4)5/h6,8,10,14,18H,7,9,11-12H2,1-5H3. The van der Waals surface area contributed by atoms with Gasteiger partial charge in [0.25, 0.3) is 0 Å². The molecule has 0 saturated carbocycles. The molecule has 0 amide bonds. The van der Waals surface area contributed by atoms with E-state index >= 15 is 0 Å². The Morgan fingerprint density at radius 1 is 1.40 bits per heavy atom. The van der Waals surface area contributed by atoms with E-state index in [0.29, 0.717) is 6.04 Å². The van der Waals surface area contributed by atoms with E-state index < -0.39 is 0 Å². The molecule has 1 N–H and O–H groups in total. The first kappa shape index (κ1) is 15.3. The van der Waals surface area contributed by atoms with Gasteiger partial charge in [-0.25, -0.2) is 4.98 Å². The van der Waals surface area contributed by atoms with Gasteiger partial charge in [-0.3, -0.25) is 0 Å². The van der Waals surface area contributed by atoms with Gasteiger partial charge in [-0.05, 0) is 59.0 Å². The number of nitrogens with zero attached hydrogens (tertiary/aromatic N) is 3. The van der Waals surface area contributed by atoms with Crippen molar-refractivity contribution >= 4 is 5.82 Å². The van der Waals surface area contributed by atoms with Crippen molar-refractivity contribution in [1.29, 1.82) is 0 Å². The molecule has 0 spiro atoms. The summed E-state index contributed by atoms with van der Waals surface area (Å²) < 4.78 is 0. The normalized spacial score (nSPS) is 19.9. The Bertz CT molecular complexity index is 436. The highest BCUT2D eigenvalue weighted by Crippen LogP contribution is 2.21. The number of aromatic nitrogens is 1. The molecule has 0 aliphatic carbocycles. The quantitative estimate of drug-likeness (QED) is 0.912. The summed E-state index contributed by atoms with van der Waals surface area (Å²) in [7, 11) is 4.32. The topological polar surface area (TPSA) is 31.4 Å². The van der Waals surface area contributed by atoms with E-state index in [2.05, 4.69) is 67.1 Å². The molecule has 1 saturated heterocycles. The second-order valence-corrected chi connectivity index (χ2v) is 6.98. The van der Waals surface area contributed by atoms with Gasteiger partial charge in [0, 0.05) is 37.4 Å². The lowest BCUT2D eigenvalue weighted by Crippen LogP contribution is -2.35. The maximum atomic E-state index is 4.54. The zero-order chi connectivity index (χ0) is 14.8. The molecule has 1 unspecified atom stereocenters. The van der Waals surface area contributed by atoms with Crippen molar-refractivity contribution in [3.63, 3.8) is 0 Å². The average Bonchev–Trinajstić information content (AvgIpc) is 2.86. The molecule has 1 aromatic heterocycles. The van der Waals surface area contributed by atoms with E-state index in [4.69, 9.17) is 0 Å². The van der Waals surface area contributed by atoms with Gasteiger partial charge in [-0.15, -0.1) is 0 Å². The summed E-state index contributed by atoms with van der Waals surface area (Å²) in [6.07, 6.45) is 3.15. The lowest BCUT2D eigenvalue weighted by atomic mass is 10.1. The van der Waals surface area contributed by atoms with Crippen LogP contribution in [0.15, 0.2) is 18.3 Å². The number of rotatable bonds is 4. The third kappa shape index (κ3) is 4.18. The van der Waals surface area contributed by atoms with Crippen molar-refractivity contribution in [2.24, 2.45) is 0 Å². The molecular formula is C16H28N4. The molecule has 0 bridgehead atoms. The summed E-state index contributed by atoms with van der Waals surface area (Å²) in [5, 5.41) is 3.53. The van der Waals surface area contributed by atoms with Crippen LogP contribution in [0.2, 0.25) is 0 Å². The molecule has 0 radical (unpaired) electrons. The zero-order valence-electron chi connectivity index (χ0n) is 13.5. The molecule has 1 aliphatic rings. The molecule has 0 aromatic carbocycles. The van der Waals surface area contributed by atoms with Crippen LogP contribution in [0.1, 0.15) is 32.8 Å². The summed E-state index contributed by atoms with van der Waals surface area (Å²) >= 11 is 0. The Morgan fingerprint density at radius 3 is 2.75 bits per heavy atom. The van der Waals surface area contributed by atoms with Gasteiger partial charge in [0.15, 0.2) is 0 Å². The minimum Gasteiger partial charge on any atom is -0.355 e. The van der Waals surface area contributed by atoms with Gasteiger partial charge in [-0.1, -0.05) is 0 Å². The third-order valence-corrected chi connectivity index (χ3v) is 3.85. The highest BCUT2D eigenvalue weighted by Gasteiger charge is 2.24. The summed E-state index contributed by atoms with van der Waals surface area (Å²) in [6, 6.07) is 4.96. The van der Waals surface area contributed by atoms with E-state index in [1.165, 1.54) is 12.0 Å². The molecule has 2 rings (SSSR count). The number of likely N-dealkylation sites (N-methyl/N-ethyl adjacent to an activating group) is 1. The first-order valence-electron chi connectivity index (χ1n) is 7.46. The predicted molar refractivity (Wildman–Crippen MR) is 85.1 cm³/mol. The highest BCUT2D eigenvalue weighted by atomic mass is 15.3. The van der Waals surface area contributed by atoms with Crippen LogP contribution in [0.3, 0.4) is 0 Å². The Labute approximate surface area is 123 Å². The van der Waals surface area contributed by atoms with E-state index in [-0.39, 0.29) is 5.54 Å². The van der Waals surface area contributed by atoms with Gasteiger partial charge < -0.3 is 15.1 Å². The van der Waals surface area contributed by atoms with Crippen molar-refractivity contribution in [2.75, 3.05) is 32.1 Å². The third-order valence-electron chi connectivity index (χ3n) is 3.85. The molecular weight excluding hydrogens is 248 g/mol. The summed E-state index contributed by atoms with van der Waals surface area (Å²) in [6.45, 7) is 9.65. The zero-order valence-corrected chi connectivity index (χ0v) is 13.5. The molecule has 1 fully saturated rings. The van der Waals surface area contributed by atoms with Crippen LogP contribution in [-0.4, -0.2) is 48.6 Å². The number of nitrogens with one attached hydrogen (secondary N) is 1. The van der Waals surface area contributed by atoms with Crippen molar-refractivity contribution < 1.29 is 0 Å². The first-order valence-corrected chi connectivity index (χ1v) is 7.46. The van der Waals surface area contributed by atoms with Crippen molar-refractivity contribution in [3.05, 3.63) is 23.9 Å². The Hall–Kier alpha value is -1.13. The Balaban J connectivity index is 2.00. The van der Waals surface area contributed by atoms with Crippen molar-refractivity contribution in [2.45, 2.75) is 45.3 Å². The molecule has 1 aromatic rings. The Morgan fingerprint density at radius 2 is 2.15 bits per heavy atom. The van der Waals surface area contributed by atoms with Crippen LogP contribution in [-0.2, 0) is 6.54 Å². The van der Waals surface area contributed by atoms with Crippen LogP contribution >= 0.6 is 0 Å².